The van der Waals surface area contributed by atoms with E-state index in [4.69, 9.17) is 4.98 Å². The molecule has 53 heavy (non-hydrogen) atoms. The van der Waals surface area contributed by atoms with E-state index < -0.39 is 0 Å². The lowest BCUT2D eigenvalue weighted by atomic mass is 9.83. The normalized spacial score (nSPS) is 11.6. The van der Waals surface area contributed by atoms with Crippen LogP contribution in [0.5, 0.6) is 0 Å². The molecule has 10 aromatic rings. The smallest absolute Gasteiger partial charge is 0.114 e. The lowest BCUT2D eigenvalue weighted by Gasteiger charge is -2.20. The molecule has 1 heterocycles. The summed E-state index contributed by atoms with van der Waals surface area (Å²) in [6.07, 6.45) is 0.873. The highest BCUT2D eigenvalue weighted by molar-refractivity contribution is 6.24. The van der Waals surface area contributed by atoms with Gasteiger partial charge in [0, 0.05) is 12.1 Å². The molecule has 2 heteroatoms. The minimum atomic E-state index is 0.873. The maximum Gasteiger partial charge on any atom is 0.114 e. The second kappa shape index (κ2) is 12.8. The number of rotatable bonds is 6. The Morgan fingerprint density at radius 3 is 1.75 bits per heavy atom. The van der Waals surface area contributed by atoms with Crippen LogP contribution in [0, 0.1) is 0 Å². The largest absolute Gasteiger partial charge is 0.296 e. The van der Waals surface area contributed by atoms with Gasteiger partial charge in [0.15, 0.2) is 0 Å². The molecule has 0 saturated heterocycles. The quantitative estimate of drug-likeness (QED) is 0.160. The van der Waals surface area contributed by atoms with Crippen molar-refractivity contribution < 1.29 is 0 Å². The van der Waals surface area contributed by atoms with E-state index >= 15 is 0 Å². The fourth-order valence-corrected chi connectivity index (χ4v) is 8.27. The lowest BCUT2D eigenvalue weighted by molar-refractivity contribution is 0.908. The fourth-order valence-electron chi connectivity index (χ4n) is 8.27. The highest BCUT2D eigenvalue weighted by Crippen LogP contribution is 2.46. The van der Waals surface area contributed by atoms with Crippen molar-refractivity contribution in [2.24, 2.45) is 0 Å². The number of imidazole rings is 1. The van der Waals surface area contributed by atoms with Crippen molar-refractivity contribution in [1.82, 2.24) is 9.55 Å². The summed E-state index contributed by atoms with van der Waals surface area (Å²) in [6.45, 7) is 2.17. The van der Waals surface area contributed by atoms with E-state index in [-0.39, 0.29) is 0 Å². The third-order valence-electron chi connectivity index (χ3n) is 10.8. The maximum absolute atomic E-state index is 4.89. The highest BCUT2D eigenvalue weighted by atomic mass is 15.1. The second-order valence-corrected chi connectivity index (χ2v) is 13.8. The molecule has 9 aromatic carbocycles. The number of para-hydroxylation sites is 2. The van der Waals surface area contributed by atoms with Crippen LogP contribution in [0.1, 0.15) is 12.7 Å². The van der Waals surface area contributed by atoms with Crippen LogP contribution in [-0.4, -0.2) is 9.55 Å². The molecule has 0 spiro atoms. The summed E-state index contributed by atoms with van der Waals surface area (Å²) < 4.78 is 2.28. The van der Waals surface area contributed by atoms with Gasteiger partial charge in [-0.2, -0.15) is 0 Å². The number of aryl methyl sites for hydroxylation is 1. The van der Waals surface area contributed by atoms with Crippen LogP contribution in [0.3, 0.4) is 0 Å². The van der Waals surface area contributed by atoms with Gasteiger partial charge in [-0.3, -0.25) is 4.57 Å². The minimum absolute atomic E-state index is 0.873. The second-order valence-electron chi connectivity index (χ2n) is 13.8. The third kappa shape index (κ3) is 5.22. The van der Waals surface area contributed by atoms with Crippen molar-refractivity contribution in [3.05, 3.63) is 194 Å². The first-order valence-corrected chi connectivity index (χ1v) is 18.4. The van der Waals surface area contributed by atoms with Gasteiger partial charge in [-0.25, -0.2) is 4.98 Å². The van der Waals surface area contributed by atoms with E-state index in [1.54, 1.807) is 0 Å². The Balaban J connectivity index is 1.13. The summed E-state index contributed by atoms with van der Waals surface area (Å²) in [5.74, 6) is 1.07. The molecule has 0 aliphatic rings. The Kier molecular flexibility index (Phi) is 7.47. The van der Waals surface area contributed by atoms with Gasteiger partial charge in [0.2, 0.25) is 0 Å². The van der Waals surface area contributed by atoms with Crippen LogP contribution in [-0.2, 0) is 6.42 Å². The predicted octanol–water partition coefficient (Wildman–Crippen LogP) is 13.7. The molecule has 2 nitrogen and oxygen atoms in total. The minimum Gasteiger partial charge on any atom is -0.296 e. The van der Waals surface area contributed by atoms with Gasteiger partial charge in [0.1, 0.15) is 5.82 Å². The zero-order valence-electron chi connectivity index (χ0n) is 29.5. The maximum atomic E-state index is 4.89. The molecule has 0 N–H and O–H groups in total. The topological polar surface area (TPSA) is 17.8 Å². The van der Waals surface area contributed by atoms with Crippen LogP contribution < -0.4 is 0 Å². The number of hydrogen-bond acceptors (Lipinski definition) is 1. The number of aromatic nitrogens is 2. The molecule has 0 radical (unpaired) electrons. The molecule has 250 valence electrons. The van der Waals surface area contributed by atoms with Crippen LogP contribution in [0.25, 0.3) is 93.5 Å². The summed E-state index contributed by atoms with van der Waals surface area (Å²) >= 11 is 0. The first-order chi connectivity index (χ1) is 26.2. The molecule has 0 amide bonds. The van der Waals surface area contributed by atoms with Crippen molar-refractivity contribution in [3.63, 3.8) is 0 Å². The summed E-state index contributed by atoms with van der Waals surface area (Å²) in [7, 11) is 0. The molecule has 0 saturated carbocycles. The van der Waals surface area contributed by atoms with Crippen LogP contribution in [0.15, 0.2) is 188 Å². The van der Waals surface area contributed by atoms with E-state index in [0.29, 0.717) is 0 Å². The Morgan fingerprint density at radius 1 is 0.415 bits per heavy atom. The molecule has 10 rings (SSSR count). The molecule has 0 aliphatic heterocycles. The molecule has 1 aromatic heterocycles. The number of fused-ring (bicyclic) bond motifs is 4. The Morgan fingerprint density at radius 2 is 0.981 bits per heavy atom. The molecule has 0 atom stereocenters. The fraction of sp³-hybridized carbons (Fsp3) is 0.0392. The van der Waals surface area contributed by atoms with Crippen molar-refractivity contribution in [2.45, 2.75) is 13.3 Å². The molecule has 0 aliphatic carbocycles. The summed E-state index contributed by atoms with van der Waals surface area (Å²) in [4.78, 5) is 4.89. The highest BCUT2D eigenvalue weighted by Gasteiger charge is 2.19. The van der Waals surface area contributed by atoms with E-state index in [9.17, 15) is 0 Å². The molecular weight excluding hydrogens is 641 g/mol. The molecular formula is C51H36N2. The van der Waals surface area contributed by atoms with Gasteiger partial charge in [0.25, 0.3) is 0 Å². The average molecular weight is 677 g/mol. The SMILES string of the molecule is CCc1nc2ccccc2n1-c1ccc(-c2ccc(-c3c4ccccc4c(-c4cccc5ccccc45)c4cc(-c5ccccc5)ccc34)cc2)cc1. The van der Waals surface area contributed by atoms with Gasteiger partial charge >= 0.3 is 0 Å². The number of nitrogens with zero attached hydrogens (tertiary/aromatic N) is 2. The summed E-state index contributed by atoms with van der Waals surface area (Å²) in [6, 6.07) is 68.5. The van der Waals surface area contributed by atoms with Gasteiger partial charge in [-0.1, -0.05) is 165 Å². The van der Waals surface area contributed by atoms with Crippen LogP contribution in [0.4, 0.5) is 0 Å². The Hall–Kier alpha value is -6.77. The standard InChI is InChI=1S/C51H36N2/c1-2-49-52-47-21-10-11-22-48(47)53(49)40-30-27-36(28-31-40)35-23-25-38(26-24-35)50-43-18-8-9-19-44(43)51(42-20-12-16-37-15-6-7-17-41(37)42)46-33-39(29-32-45(46)50)34-13-4-3-5-14-34/h3-33H,2H2,1H3. The van der Waals surface area contributed by atoms with Gasteiger partial charge in [-0.15, -0.1) is 0 Å². The van der Waals surface area contributed by atoms with E-state index in [2.05, 4.69) is 200 Å². The average Bonchev–Trinajstić information content (AvgIpc) is 3.62. The van der Waals surface area contributed by atoms with Crippen molar-refractivity contribution >= 4 is 43.4 Å². The predicted molar refractivity (Wildman–Crippen MR) is 225 cm³/mol. The van der Waals surface area contributed by atoms with Crippen LogP contribution >= 0.6 is 0 Å². The van der Waals surface area contributed by atoms with Gasteiger partial charge in [-0.05, 0) is 107 Å². The van der Waals surface area contributed by atoms with E-state index in [1.165, 1.54) is 76.8 Å². The Labute approximate surface area is 309 Å². The molecule has 0 unspecified atom stereocenters. The summed E-state index contributed by atoms with van der Waals surface area (Å²) in [5, 5.41) is 7.54. The molecule has 0 bridgehead atoms. The van der Waals surface area contributed by atoms with Crippen molar-refractivity contribution in [3.8, 4) is 50.2 Å². The number of benzene rings is 9. The summed E-state index contributed by atoms with van der Waals surface area (Å²) in [5.41, 5.74) is 13.1. The zero-order chi connectivity index (χ0) is 35.3. The Bertz CT molecular complexity index is 2950. The van der Waals surface area contributed by atoms with Gasteiger partial charge in [0.05, 0.1) is 11.0 Å². The van der Waals surface area contributed by atoms with Gasteiger partial charge < -0.3 is 0 Å². The van der Waals surface area contributed by atoms with Crippen molar-refractivity contribution in [1.29, 1.82) is 0 Å². The first-order valence-electron chi connectivity index (χ1n) is 18.4. The van der Waals surface area contributed by atoms with E-state index in [1.807, 2.05) is 0 Å². The third-order valence-corrected chi connectivity index (χ3v) is 10.8. The first kappa shape index (κ1) is 31.0. The van der Waals surface area contributed by atoms with E-state index in [0.717, 1.165) is 29.0 Å². The van der Waals surface area contributed by atoms with Crippen LogP contribution in [0.2, 0.25) is 0 Å². The monoisotopic (exact) mass is 676 g/mol. The number of hydrogen-bond donors (Lipinski definition) is 0. The van der Waals surface area contributed by atoms with Crippen molar-refractivity contribution in [2.75, 3.05) is 0 Å². The molecule has 0 fully saturated rings. The zero-order valence-corrected chi connectivity index (χ0v) is 29.5. The lowest BCUT2D eigenvalue weighted by Crippen LogP contribution is -1.99.